The number of aryl methyl sites for hydroxylation is 1. The molecule has 1 aliphatic rings. The standard InChI is InChI=1S/C20H20ClN3O2/c21-17-6-7-19(24-9-11-26-12-10-24)18(13-17)23-20(25)8-5-15-1-3-16(14-22)4-2-15/h1-4,6-7,13H,5,8-12H2,(H,23,25). The molecular formula is C20H20ClN3O2. The molecule has 1 fully saturated rings. The molecule has 134 valence electrons. The fourth-order valence-electron chi connectivity index (χ4n) is 2.90. The average molecular weight is 370 g/mol. The highest BCUT2D eigenvalue weighted by molar-refractivity contribution is 6.31. The van der Waals surface area contributed by atoms with Gasteiger partial charge in [0, 0.05) is 24.5 Å². The van der Waals surface area contributed by atoms with Crippen LogP contribution < -0.4 is 10.2 Å². The number of nitriles is 1. The number of nitrogens with zero attached hydrogens (tertiary/aromatic N) is 2. The summed E-state index contributed by atoms with van der Waals surface area (Å²) >= 11 is 6.12. The number of rotatable bonds is 5. The lowest BCUT2D eigenvalue weighted by Gasteiger charge is -2.30. The predicted octanol–water partition coefficient (Wildman–Crippen LogP) is 3.62. The van der Waals surface area contributed by atoms with E-state index in [2.05, 4.69) is 16.3 Å². The van der Waals surface area contributed by atoms with Gasteiger partial charge in [-0.2, -0.15) is 5.26 Å². The molecular weight excluding hydrogens is 350 g/mol. The third-order valence-electron chi connectivity index (χ3n) is 4.31. The van der Waals surface area contributed by atoms with E-state index in [1.807, 2.05) is 24.3 Å². The topological polar surface area (TPSA) is 65.4 Å². The maximum Gasteiger partial charge on any atom is 0.224 e. The molecule has 1 aliphatic heterocycles. The lowest BCUT2D eigenvalue weighted by atomic mass is 10.1. The molecule has 26 heavy (non-hydrogen) atoms. The lowest BCUT2D eigenvalue weighted by Crippen LogP contribution is -2.36. The normalized spacial score (nSPS) is 13.9. The number of amides is 1. The van der Waals surface area contributed by atoms with Crippen LogP contribution in [0.1, 0.15) is 17.5 Å². The number of hydrogen-bond acceptors (Lipinski definition) is 4. The van der Waals surface area contributed by atoms with Gasteiger partial charge < -0.3 is 15.0 Å². The lowest BCUT2D eigenvalue weighted by molar-refractivity contribution is -0.116. The first-order valence-electron chi connectivity index (χ1n) is 8.57. The number of nitrogens with one attached hydrogen (secondary N) is 1. The fourth-order valence-corrected chi connectivity index (χ4v) is 3.08. The number of carbonyl (C=O) groups excluding carboxylic acids is 1. The third-order valence-corrected chi connectivity index (χ3v) is 4.54. The second-order valence-electron chi connectivity index (χ2n) is 6.12. The van der Waals surface area contributed by atoms with Crippen LogP contribution >= 0.6 is 11.6 Å². The Morgan fingerprint density at radius 1 is 1.19 bits per heavy atom. The van der Waals surface area contributed by atoms with Gasteiger partial charge in [-0.3, -0.25) is 4.79 Å². The van der Waals surface area contributed by atoms with E-state index in [4.69, 9.17) is 21.6 Å². The van der Waals surface area contributed by atoms with Crippen LogP contribution in [0, 0.1) is 11.3 Å². The van der Waals surface area contributed by atoms with Gasteiger partial charge in [-0.05, 0) is 42.3 Å². The molecule has 0 atom stereocenters. The van der Waals surface area contributed by atoms with Crippen molar-refractivity contribution >= 4 is 28.9 Å². The summed E-state index contributed by atoms with van der Waals surface area (Å²) in [6.45, 7) is 2.93. The molecule has 2 aromatic carbocycles. The maximum atomic E-state index is 12.4. The first-order valence-corrected chi connectivity index (χ1v) is 8.94. The number of hydrogen-bond donors (Lipinski definition) is 1. The number of halogens is 1. The van der Waals surface area contributed by atoms with Crippen molar-refractivity contribution in [3.63, 3.8) is 0 Å². The Morgan fingerprint density at radius 2 is 1.92 bits per heavy atom. The van der Waals surface area contributed by atoms with Crippen LogP contribution in [-0.4, -0.2) is 32.2 Å². The summed E-state index contributed by atoms with van der Waals surface area (Å²) in [4.78, 5) is 14.6. The highest BCUT2D eigenvalue weighted by Gasteiger charge is 2.16. The molecule has 5 nitrogen and oxygen atoms in total. The van der Waals surface area contributed by atoms with Gasteiger partial charge in [0.05, 0.1) is 36.2 Å². The molecule has 6 heteroatoms. The summed E-state index contributed by atoms with van der Waals surface area (Å²) in [7, 11) is 0. The van der Waals surface area contributed by atoms with Crippen LogP contribution in [0.4, 0.5) is 11.4 Å². The van der Waals surface area contributed by atoms with Crippen molar-refractivity contribution in [2.24, 2.45) is 0 Å². The SMILES string of the molecule is N#Cc1ccc(CCC(=O)Nc2cc(Cl)ccc2N2CCOCC2)cc1. The molecule has 0 spiro atoms. The van der Waals surface area contributed by atoms with Gasteiger partial charge in [0.15, 0.2) is 0 Å². The Labute approximate surface area is 158 Å². The summed E-state index contributed by atoms with van der Waals surface area (Å²) in [6, 6.07) is 14.9. The minimum Gasteiger partial charge on any atom is -0.378 e. The van der Waals surface area contributed by atoms with Crippen molar-refractivity contribution in [3.05, 3.63) is 58.6 Å². The molecule has 0 aliphatic carbocycles. The van der Waals surface area contributed by atoms with Gasteiger partial charge in [-0.1, -0.05) is 23.7 Å². The monoisotopic (exact) mass is 369 g/mol. The second kappa shape index (κ2) is 8.70. The maximum absolute atomic E-state index is 12.4. The summed E-state index contributed by atoms with van der Waals surface area (Å²) in [5.74, 6) is -0.0638. The van der Waals surface area contributed by atoms with Crippen LogP contribution in [-0.2, 0) is 16.0 Å². The van der Waals surface area contributed by atoms with Crippen molar-refractivity contribution in [2.75, 3.05) is 36.5 Å². The van der Waals surface area contributed by atoms with Crippen molar-refractivity contribution in [1.29, 1.82) is 5.26 Å². The number of anilines is 2. The number of benzene rings is 2. The second-order valence-corrected chi connectivity index (χ2v) is 6.55. The summed E-state index contributed by atoms with van der Waals surface area (Å²) in [5, 5.41) is 12.4. The van der Waals surface area contributed by atoms with E-state index in [0.717, 1.165) is 30.0 Å². The van der Waals surface area contributed by atoms with Crippen LogP contribution in [0.5, 0.6) is 0 Å². The first-order chi connectivity index (χ1) is 12.7. The molecule has 0 bridgehead atoms. The minimum absolute atomic E-state index is 0.0638. The number of carbonyl (C=O) groups is 1. The Bertz CT molecular complexity index is 809. The van der Waals surface area contributed by atoms with Crippen LogP contribution in [0.25, 0.3) is 0 Å². The van der Waals surface area contributed by atoms with Gasteiger partial charge in [-0.15, -0.1) is 0 Å². The van der Waals surface area contributed by atoms with Crippen LogP contribution in [0.3, 0.4) is 0 Å². The van der Waals surface area contributed by atoms with Crippen molar-refractivity contribution in [1.82, 2.24) is 0 Å². The highest BCUT2D eigenvalue weighted by Crippen LogP contribution is 2.30. The molecule has 1 N–H and O–H groups in total. The molecule has 1 heterocycles. The van der Waals surface area contributed by atoms with E-state index < -0.39 is 0 Å². The quantitative estimate of drug-likeness (QED) is 0.874. The Kier molecular flexibility index (Phi) is 6.11. The minimum atomic E-state index is -0.0638. The van der Waals surface area contributed by atoms with Gasteiger partial charge in [0.2, 0.25) is 5.91 Å². The van der Waals surface area contributed by atoms with Gasteiger partial charge in [-0.25, -0.2) is 0 Å². The molecule has 0 aromatic heterocycles. The fraction of sp³-hybridized carbons (Fsp3) is 0.300. The third kappa shape index (κ3) is 4.75. The van der Waals surface area contributed by atoms with E-state index in [-0.39, 0.29) is 5.91 Å². The number of ether oxygens (including phenoxy) is 1. The van der Waals surface area contributed by atoms with Gasteiger partial charge in [0.1, 0.15) is 0 Å². The van der Waals surface area contributed by atoms with E-state index in [1.165, 1.54) is 0 Å². The molecule has 0 radical (unpaired) electrons. The Balaban J connectivity index is 1.64. The van der Waals surface area contributed by atoms with Crippen molar-refractivity contribution in [3.8, 4) is 6.07 Å². The predicted molar refractivity (Wildman–Crippen MR) is 103 cm³/mol. The summed E-state index contributed by atoms with van der Waals surface area (Å²) in [5.41, 5.74) is 3.33. The molecule has 0 unspecified atom stereocenters. The Hall–Kier alpha value is -2.55. The van der Waals surface area contributed by atoms with E-state index >= 15 is 0 Å². The van der Waals surface area contributed by atoms with E-state index in [1.54, 1.807) is 18.2 Å². The van der Waals surface area contributed by atoms with E-state index in [0.29, 0.717) is 36.6 Å². The zero-order valence-corrected chi connectivity index (χ0v) is 15.1. The molecule has 1 amide bonds. The van der Waals surface area contributed by atoms with Gasteiger partial charge in [0.25, 0.3) is 0 Å². The highest BCUT2D eigenvalue weighted by atomic mass is 35.5. The van der Waals surface area contributed by atoms with Crippen molar-refractivity contribution < 1.29 is 9.53 Å². The van der Waals surface area contributed by atoms with Crippen LogP contribution in [0.2, 0.25) is 5.02 Å². The first kappa shape index (κ1) is 18.2. The number of morpholine rings is 1. The average Bonchev–Trinajstić information content (AvgIpc) is 2.67. The van der Waals surface area contributed by atoms with Gasteiger partial charge >= 0.3 is 0 Å². The molecule has 3 rings (SSSR count). The largest absolute Gasteiger partial charge is 0.378 e. The van der Waals surface area contributed by atoms with E-state index in [9.17, 15) is 4.79 Å². The Morgan fingerprint density at radius 3 is 2.62 bits per heavy atom. The molecule has 1 saturated heterocycles. The smallest absolute Gasteiger partial charge is 0.224 e. The zero-order chi connectivity index (χ0) is 18.4. The summed E-state index contributed by atoms with van der Waals surface area (Å²) in [6.07, 6.45) is 0.978. The molecule has 2 aromatic rings. The van der Waals surface area contributed by atoms with Crippen molar-refractivity contribution in [2.45, 2.75) is 12.8 Å². The molecule has 0 saturated carbocycles. The zero-order valence-electron chi connectivity index (χ0n) is 14.4. The van der Waals surface area contributed by atoms with Crippen LogP contribution in [0.15, 0.2) is 42.5 Å². The summed E-state index contributed by atoms with van der Waals surface area (Å²) < 4.78 is 5.39.